The van der Waals surface area contributed by atoms with Crippen LogP contribution in [0.3, 0.4) is 0 Å². The summed E-state index contributed by atoms with van der Waals surface area (Å²) in [6, 6.07) is 9.38. The maximum atomic E-state index is 12.4. The van der Waals surface area contributed by atoms with Crippen LogP contribution >= 0.6 is 0 Å². The molecule has 0 spiro atoms. The maximum absolute atomic E-state index is 12.4. The van der Waals surface area contributed by atoms with E-state index in [0.717, 1.165) is 30.4 Å². The molecular weight excluding hydrogens is 224 g/mol. The second-order valence-electron chi connectivity index (χ2n) is 5.22. The molecule has 0 heterocycles. The van der Waals surface area contributed by atoms with Crippen LogP contribution in [0.4, 0.5) is 0 Å². The molecule has 1 aromatic carbocycles. The van der Waals surface area contributed by atoms with Gasteiger partial charge in [0, 0.05) is 11.5 Å². The lowest BCUT2D eigenvalue weighted by atomic mass is 9.83. The highest BCUT2D eigenvalue weighted by Gasteiger charge is 2.37. The average Bonchev–Trinajstić information content (AvgIpc) is 2.87. The minimum Gasteiger partial charge on any atom is -0.388 e. The lowest BCUT2D eigenvalue weighted by molar-refractivity contribution is 0.0757. The summed E-state index contributed by atoms with van der Waals surface area (Å²) >= 11 is 0. The Balaban J connectivity index is 2.17. The lowest BCUT2D eigenvalue weighted by Gasteiger charge is -2.24. The van der Waals surface area contributed by atoms with Crippen LogP contribution in [0.25, 0.3) is 0 Å². The molecule has 1 aliphatic carbocycles. The van der Waals surface area contributed by atoms with E-state index in [0.29, 0.717) is 0 Å². The van der Waals surface area contributed by atoms with Crippen LogP contribution in [0.2, 0.25) is 0 Å². The molecule has 1 aromatic rings. The number of carbonyl (C=O) groups excluding carboxylic acids is 1. The molecule has 2 heteroatoms. The number of ketones is 1. The van der Waals surface area contributed by atoms with Crippen LogP contribution in [0.1, 0.15) is 36.5 Å². The Morgan fingerprint density at radius 1 is 1.33 bits per heavy atom. The van der Waals surface area contributed by atoms with Gasteiger partial charge in [-0.1, -0.05) is 48.9 Å². The van der Waals surface area contributed by atoms with Crippen molar-refractivity contribution >= 4 is 5.78 Å². The Morgan fingerprint density at radius 3 is 2.61 bits per heavy atom. The number of hydrogen-bond donors (Lipinski definition) is 1. The number of benzene rings is 1. The van der Waals surface area contributed by atoms with E-state index in [9.17, 15) is 9.90 Å². The van der Waals surface area contributed by atoms with E-state index in [1.54, 1.807) is 0 Å². The third kappa shape index (κ3) is 2.54. The summed E-state index contributed by atoms with van der Waals surface area (Å²) in [7, 11) is 0. The van der Waals surface area contributed by atoms with Crippen molar-refractivity contribution in [3.8, 4) is 0 Å². The number of rotatable bonds is 4. The molecule has 18 heavy (non-hydrogen) atoms. The first kappa shape index (κ1) is 13.0. The van der Waals surface area contributed by atoms with Gasteiger partial charge in [0.1, 0.15) is 0 Å². The van der Waals surface area contributed by atoms with Crippen molar-refractivity contribution in [3.05, 3.63) is 48.0 Å². The molecule has 2 nitrogen and oxygen atoms in total. The van der Waals surface area contributed by atoms with E-state index in [4.69, 9.17) is 0 Å². The van der Waals surface area contributed by atoms with E-state index >= 15 is 0 Å². The number of carbonyl (C=O) groups is 1. The fourth-order valence-corrected chi connectivity index (χ4v) is 2.87. The van der Waals surface area contributed by atoms with Gasteiger partial charge in [-0.3, -0.25) is 4.79 Å². The van der Waals surface area contributed by atoms with Crippen molar-refractivity contribution in [2.45, 2.75) is 32.3 Å². The Kier molecular flexibility index (Phi) is 3.97. The minimum absolute atomic E-state index is 0.0372. The molecule has 1 N–H and O–H groups in total. The van der Waals surface area contributed by atoms with Gasteiger partial charge >= 0.3 is 0 Å². The fraction of sp³-hybridized carbons (Fsp3) is 0.438. The number of hydrogen-bond acceptors (Lipinski definition) is 2. The highest BCUT2D eigenvalue weighted by molar-refractivity contribution is 5.98. The van der Waals surface area contributed by atoms with Gasteiger partial charge in [-0.15, -0.1) is 0 Å². The van der Waals surface area contributed by atoms with Gasteiger partial charge in [-0.05, 0) is 25.7 Å². The van der Waals surface area contributed by atoms with Crippen LogP contribution in [-0.2, 0) is 0 Å². The van der Waals surface area contributed by atoms with Crippen LogP contribution in [0.15, 0.2) is 42.5 Å². The Bertz CT molecular complexity index is 436. The third-order valence-electron chi connectivity index (χ3n) is 3.87. The molecule has 96 valence electrons. The first-order valence-corrected chi connectivity index (χ1v) is 6.54. The van der Waals surface area contributed by atoms with Gasteiger partial charge in [-0.2, -0.15) is 0 Å². The molecule has 0 radical (unpaired) electrons. The molecule has 1 aliphatic rings. The van der Waals surface area contributed by atoms with Gasteiger partial charge in [0.25, 0.3) is 0 Å². The fourth-order valence-electron chi connectivity index (χ4n) is 2.87. The zero-order valence-electron chi connectivity index (χ0n) is 10.8. The second kappa shape index (κ2) is 5.49. The number of aliphatic hydroxyl groups excluding tert-OH is 1. The molecule has 3 atom stereocenters. The lowest BCUT2D eigenvalue weighted by Crippen LogP contribution is -2.29. The van der Waals surface area contributed by atoms with Crippen LogP contribution in [0.5, 0.6) is 0 Å². The molecule has 1 saturated carbocycles. The molecule has 1 fully saturated rings. The first-order valence-electron chi connectivity index (χ1n) is 6.54. The van der Waals surface area contributed by atoms with Gasteiger partial charge in [0.05, 0.1) is 6.10 Å². The molecular formula is C16H20O2. The predicted octanol–water partition coefficient (Wildman–Crippen LogP) is 3.22. The monoisotopic (exact) mass is 244 g/mol. The third-order valence-corrected chi connectivity index (χ3v) is 3.87. The molecule has 0 unspecified atom stereocenters. The summed E-state index contributed by atoms with van der Waals surface area (Å²) in [5.74, 6) is 0.146. The van der Waals surface area contributed by atoms with Gasteiger partial charge in [-0.25, -0.2) is 0 Å². The quantitative estimate of drug-likeness (QED) is 0.652. The molecule has 0 aromatic heterocycles. The van der Waals surface area contributed by atoms with Gasteiger partial charge in [0.2, 0.25) is 0 Å². The second-order valence-corrected chi connectivity index (χ2v) is 5.22. The van der Waals surface area contributed by atoms with E-state index in [1.807, 2.05) is 37.3 Å². The highest BCUT2D eigenvalue weighted by Crippen LogP contribution is 2.37. The van der Waals surface area contributed by atoms with E-state index in [1.165, 1.54) is 0 Å². The molecule has 0 saturated heterocycles. The first-order chi connectivity index (χ1) is 8.61. The smallest absolute Gasteiger partial charge is 0.166 e. The molecule has 2 rings (SSSR count). The summed E-state index contributed by atoms with van der Waals surface area (Å²) < 4.78 is 0. The number of aliphatic hydroxyl groups is 1. The standard InChI is InChI=1S/C16H20O2/c1-11(2)15(17)13-9-6-10-14(13)16(18)12-7-4-3-5-8-12/h3-5,7-8,13-15,17H,1,6,9-10H2,2H3/t13-,14-,15+/m0/s1. The zero-order valence-corrected chi connectivity index (χ0v) is 10.8. The van der Waals surface area contributed by atoms with Crippen LogP contribution in [-0.4, -0.2) is 17.0 Å². The molecule has 0 bridgehead atoms. The van der Waals surface area contributed by atoms with Gasteiger partial charge < -0.3 is 5.11 Å². The maximum Gasteiger partial charge on any atom is 0.166 e. The van der Waals surface area contributed by atoms with E-state index < -0.39 is 6.10 Å². The van der Waals surface area contributed by atoms with E-state index in [-0.39, 0.29) is 17.6 Å². The van der Waals surface area contributed by atoms with Crippen molar-refractivity contribution in [2.24, 2.45) is 11.8 Å². The van der Waals surface area contributed by atoms with Gasteiger partial charge in [0.15, 0.2) is 5.78 Å². The summed E-state index contributed by atoms with van der Waals surface area (Å²) in [5.41, 5.74) is 1.51. The summed E-state index contributed by atoms with van der Waals surface area (Å²) in [5, 5.41) is 10.1. The Labute approximate surface area is 108 Å². The zero-order chi connectivity index (χ0) is 13.1. The largest absolute Gasteiger partial charge is 0.388 e. The highest BCUT2D eigenvalue weighted by atomic mass is 16.3. The summed E-state index contributed by atoms with van der Waals surface area (Å²) in [4.78, 5) is 12.4. The van der Waals surface area contributed by atoms with E-state index in [2.05, 4.69) is 6.58 Å². The van der Waals surface area contributed by atoms with Crippen LogP contribution in [0, 0.1) is 11.8 Å². The average molecular weight is 244 g/mol. The van der Waals surface area contributed by atoms with Crippen molar-refractivity contribution < 1.29 is 9.90 Å². The van der Waals surface area contributed by atoms with Crippen molar-refractivity contribution in [2.75, 3.05) is 0 Å². The van der Waals surface area contributed by atoms with Crippen molar-refractivity contribution in [1.82, 2.24) is 0 Å². The Morgan fingerprint density at radius 2 is 2.00 bits per heavy atom. The van der Waals surface area contributed by atoms with Crippen molar-refractivity contribution in [3.63, 3.8) is 0 Å². The number of Topliss-reactive ketones (excluding diaryl/α,β-unsaturated/α-hetero) is 1. The molecule has 0 aliphatic heterocycles. The normalized spacial score (nSPS) is 24.8. The van der Waals surface area contributed by atoms with Crippen LogP contribution < -0.4 is 0 Å². The summed E-state index contributed by atoms with van der Waals surface area (Å²) in [6.07, 6.45) is 2.25. The van der Waals surface area contributed by atoms with Crippen molar-refractivity contribution in [1.29, 1.82) is 0 Å². The SMILES string of the molecule is C=C(C)[C@@H](O)[C@H]1CCC[C@@H]1C(=O)c1ccccc1. The molecule has 0 amide bonds. The minimum atomic E-state index is -0.551. The summed E-state index contributed by atoms with van der Waals surface area (Å²) in [6.45, 7) is 5.63. The Hall–Kier alpha value is -1.41. The topological polar surface area (TPSA) is 37.3 Å². The predicted molar refractivity (Wildman–Crippen MR) is 72.4 cm³/mol.